The maximum atomic E-state index is 12.2. The average molecular weight is 325 g/mol. The Bertz CT molecular complexity index is 646. The van der Waals surface area contributed by atoms with E-state index < -0.39 is 0 Å². The topological polar surface area (TPSA) is 75.6 Å². The van der Waals surface area contributed by atoms with Crippen molar-refractivity contribution in [3.05, 3.63) is 34.8 Å². The summed E-state index contributed by atoms with van der Waals surface area (Å²) in [5.74, 6) is 1.50. The van der Waals surface area contributed by atoms with Gasteiger partial charge in [0.25, 0.3) is 5.91 Å². The molecule has 0 atom stereocenters. The molecule has 0 radical (unpaired) electrons. The Balaban J connectivity index is 1.52. The molecule has 22 heavy (non-hydrogen) atoms. The first-order chi connectivity index (χ1) is 10.7. The number of furan rings is 1. The maximum absolute atomic E-state index is 12.2. The normalized spacial score (nSPS) is 16.2. The zero-order chi connectivity index (χ0) is 15.5. The minimum Gasteiger partial charge on any atom is -0.440 e. The van der Waals surface area contributed by atoms with Gasteiger partial charge < -0.3 is 13.8 Å². The fourth-order valence-electron chi connectivity index (χ4n) is 2.39. The Morgan fingerprint density at radius 2 is 2.09 bits per heavy atom. The fraction of sp³-hybridized carbons (Fsp3) is 0.500. The summed E-state index contributed by atoms with van der Waals surface area (Å²) in [5, 5.41) is 4.18. The third kappa shape index (κ3) is 3.31. The number of nitrogens with zero attached hydrogens (tertiary/aromatic N) is 4. The van der Waals surface area contributed by atoms with Gasteiger partial charge in [0.1, 0.15) is 0 Å². The Kier molecular flexibility index (Phi) is 4.44. The molecule has 0 unspecified atom stereocenters. The quantitative estimate of drug-likeness (QED) is 0.854. The van der Waals surface area contributed by atoms with E-state index in [0.29, 0.717) is 31.3 Å². The first-order valence-corrected chi connectivity index (χ1v) is 7.62. The molecule has 0 aromatic carbocycles. The van der Waals surface area contributed by atoms with Gasteiger partial charge in [-0.2, -0.15) is 4.98 Å². The molecule has 3 heterocycles. The van der Waals surface area contributed by atoms with E-state index in [2.05, 4.69) is 15.0 Å². The summed E-state index contributed by atoms with van der Waals surface area (Å²) in [5.41, 5.74) is 0. The molecule has 1 saturated heterocycles. The standard InChI is InChI=1S/C14H17ClN4O3/c1-2-13-16-12(17-22-13)9-18-5-7-19(8-6-18)14(20)10-3-4-11(15)21-10/h3-4H,2,5-9H2,1H3. The van der Waals surface area contributed by atoms with Crippen LogP contribution in [0.5, 0.6) is 0 Å². The molecular formula is C14H17ClN4O3. The van der Waals surface area contributed by atoms with Gasteiger partial charge in [0, 0.05) is 32.6 Å². The monoisotopic (exact) mass is 324 g/mol. The molecule has 2 aromatic heterocycles. The second-order valence-corrected chi connectivity index (χ2v) is 5.50. The van der Waals surface area contributed by atoms with Crippen LogP contribution >= 0.6 is 11.6 Å². The molecule has 0 saturated carbocycles. The minimum absolute atomic E-state index is 0.126. The van der Waals surface area contributed by atoms with Gasteiger partial charge in [0.05, 0.1) is 6.54 Å². The number of hydrogen-bond donors (Lipinski definition) is 0. The van der Waals surface area contributed by atoms with Crippen LogP contribution in [0, 0.1) is 0 Å². The maximum Gasteiger partial charge on any atom is 0.289 e. The van der Waals surface area contributed by atoms with Crippen molar-refractivity contribution in [1.82, 2.24) is 19.9 Å². The molecule has 2 aromatic rings. The van der Waals surface area contributed by atoms with Crippen LogP contribution in [0.25, 0.3) is 0 Å². The number of carbonyl (C=O) groups is 1. The van der Waals surface area contributed by atoms with Gasteiger partial charge in [0.15, 0.2) is 16.8 Å². The van der Waals surface area contributed by atoms with Gasteiger partial charge in [-0.05, 0) is 23.7 Å². The minimum atomic E-state index is -0.126. The van der Waals surface area contributed by atoms with Crippen molar-refractivity contribution in [2.45, 2.75) is 19.9 Å². The zero-order valence-corrected chi connectivity index (χ0v) is 13.0. The molecule has 0 N–H and O–H groups in total. The summed E-state index contributed by atoms with van der Waals surface area (Å²) >= 11 is 5.70. The number of amides is 1. The van der Waals surface area contributed by atoms with Crippen molar-refractivity contribution in [2.75, 3.05) is 26.2 Å². The second kappa shape index (κ2) is 6.50. The number of carbonyl (C=O) groups excluding carboxylic acids is 1. The van der Waals surface area contributed by atoms with E-state index in [-0.39, 0.29) is 16.9 Å². The smallest absolute Gasteiger partial charge is 0.289 e. The summed E-state index contributed by atoms with van der Waals surface area (Å²) in [6.45, 7) is 5.40. The van der Waals surface area contributed by atoms with E-state index in [1.54, 1.807) is 17.0 Å². The van der Waals surface area contributed by atoms with Gasteiger partial charge in [-0.25, -0.2) is 0 Å². The van der Waals surface area contributed by atoms with Crippen molar-refractivity contribution in [3.63, 3.8) is 0 Å². The highest BCUT2D eigenvalue weighted by atomic mass is 35.5. The number of aromatic nitrogens is 2. The predicted molar refractivity (Wildman–Crippen MR) is 78.6 cm³/mol. The predicted octanol–water partition coefficient (Wildman–Crippen LogP) is 1.84. The van der Waals surface area contributed by atoms with E-state index in [1.165, 1.54) is 0 Å². The molecule has 1 amide bonds. The van der Waals surface area contributed by atoms with Crippen LogP contribution in [0.4, 0.5) is 0 Å². The van der Waals surface area contributed by atoms with Crippen LogP contribution in [0.15, 0.2) is 21.1 Å². The Labute approximate surface area is 132 Å². The summed E-state index contributed by atoms with van der Waals surface area (Å²) in [4.78, 5) is 20.5. The van der Waals surface area contributed by atoms with E-state index in [0.717, 1.165) is 19.5 Å². The van der Waals surface area contributed by atoms with Crippen LogP contribution in [-0.2, 0) is 13.0 Å². The largest absolute Gasteiger partial charge is 0.440 e. The molecule has 3 rings (SSSR count). The van der Waals surface area contributed by atoms with Crippen molar-refractivity contribution < 1.29 is 13.7 Å². The molecular weight excluding hydrogens is 308 g/mol. The summed E-state index contributed by atoms with van der Waals surface area (Å²) in [7, 11) is 0. The summed E-state index contributed by atoms with van der Waals surface area (Å²) < 4.78 is 10.3. The zero-order valence-electron chi connectivity index (χ0n) is 12.3. The number of rotatable bonds is 4. The second-order valence-electron chi connectivity index (χ2n) is 5.13. The lowest BCUT2D eigenvalue weighted by Crippen LogP contribution is -2.48. The lowest BCUT2D eigenvalue weighted by molar-refractivity contribution is 0.0594. The lowest BCUT2D eigenvalue weighted by Gasteiger charge is -2.33. The number of halogens is 1. The van der Waals surface area contributed by atoms with E-state index >= 15 is 0 Å². The van der Waals surface area contributed by atoms with Crippen LogP contribution < -0.4 is 0 Å². The number of aryl methyl sites for hydroxylation is 1. The molecule has 1 fully saturated rings. The van der Waals surface area contributed by atoms with Gasteiger partial charge in [-0.15, -0.1) is 0 Å². The summed E-state index contributed by atoms with van der Waals surface area (Å²) in [6, 6.07) is 3.18. The third-order valence-corrected chi connectivity index (χ3v) is 3.82. The molecule has 118 valence electrons. The highest BCUT2D eigenvalue weighted by Gasteiger charge is 2.24. The molecule has 0 aliphatic carbocycles. The van der Waals surface area contributed by atoms with Crippen molar-refractivity contribution >= 4 is 17.5 Å². The highest BCUT2D eigenvalue weighted by molar-refractivity contribution is 6.29. The Morgan fingerprint density at radius 3 is 2.68 bits per heavy atom. The van der Waals surface area contributed by atoms with Gasteiger partial charge in [-0.3, -0.25) is 9.69 Å². The first kappa shape index (κ1) is 15.1. The molecule has 1 aliphatic heterocycles. The summed E-state index contributed by atoms with van der Waals surface area (Å²) in [6.07, 6.45) is 0.737. The van der Waals surface area contributed by atoms with Gasteiger partial charge >= 0.3 is 0 Å². The fourth-order valence-corrected chi connectivity index (χ4v) is 2.54. The van der Waals surface area contributed by atoms with Gasteiger partial charge in [-0.1, -0.05) is 12.1 Å². The number of piperazine rings is 1. The molecule has 1 aliphatic rings. The van der Waals surface area contributed by atoms with Crippen molar-refractivity contribution in [3.8, 4) is 0 Å². The molecule has 7 nitrogen and oxygen atoms in total. The van der Waals surface area contributed by atoms with E-state index in [4.69, 9.17) is 20.5 Å². The lowest BCUT2D eigenvalue weighted by atomic mass is 10.3. The van der Waals surface area contributed by atoms with Crippen molar-refractivity contribution in [2.24, 2.45) is 0 Å². The van der Waals surface area contributed by atoms with Crippen LogP contribution in [0.3, 0.4) is 0 Å². The third-order valence-electron chi connectivity index (χ3n) is 3.62. The Hall–Kier alpha value is -1.86. The molecule has 0 spiro atoms. The number of hydrogen-bond acceptors (Lipinski definition) is 6. The molecule has 8 heteroatoms. The van der Waals surface area contributed by atoms with Crippen molar-refractivity contribution in [1.29, 1.82) is 0 Å². The van der Waals surface area contributed by atoms with Crippen LogP contribution in [0.1, 0.15) is 29.2 Å². The van der Waals surface area contributed by atoms with Crippen LogP contribution in [0.2, 0.25) is 5.22 Å². The van der Waals surface area contributed by atoms with E-state index in [9.17, 15) is 4.79 Å². The van der Waals surface area contributed by atoms with E-state index in [1.807, 2.05) is 6.92 Å². The SMILES string of the molecule is CCc1nc(CN2CCN(C(=O)c3ccc(Cl)o3)CC2)no1. The average Bonchev–Trinajstić information content (AvgIpc) is 3.16. The Morgan fingerprint density at radius 1 is 1.32 bits per heavy atom. The highest BCUT2D eigenvalue weighted by Crippen LogP contribution is 2.16. The van der Waals surface area contributed by atoms with Crippen LogP contribution in [-0.4, -0.2) is 52.0 Å². The van der Waals surface area contributed by atoms with Gasteiger partial charge in [0.2, 0.25) is 5.89 Å². The molecule has 0 bridgehead atoms. The first-order valence-electron chi connectivity index (χ1n) is 7.24.